The van der Waals surface area contributed by atoms with Gasteiger partial charge in [0.05, 0.1) is 5.69 Å². The Morgan fingerprint density at radius 2 is 2.42 bits per heavy atom. The van der Waals surface area contributed by atoms with Crippen molar-refractivity contribution in [1.82, 2.24) is 10.3 Å². The fraction of sp³-hybridized carbons (Fsp3) is 0.143. The Labute approximate surface area is 73.9 Å². The fourth-order valence-corrected chi connectivity index (χ4v) is 1.22. The predicted molar refractivity (Wildman–Crippen MR) is 45.1 cm³/mol. The van der Waals surface area contributed by atoms with Gasteiger partial charge in [-0.15, -0.1) is 0 Å². The largest absolute Gasteiger partial charge is 0.334 e. The quantitative estimate of drug-likeness (QED) is 0.597. The topological polar surface area (TPSA) is 54.0 Å². The van der Waals surface area contributed by atoms with Gasteiger partial charge in [-0.2, -0.15) is 0 Å². The molecule has 1 aromatic heterocycles. The lowest BCUT2D eigenvalue weighted by atomic mass is 10.2. The van der Waals surface area contributed by atoms with Crippen molar-refractivity contribution in [1.29, 1.82) is 0 Å². The number of anilines is 1. The summed E-state index contributed by atoms with van der Waals surface area (Å²) in [7, 11) is 0. The molecule has 0 aliphatic carbocycles. The molecule has 62 valence electrons. The fourth-order valence-electron chi connectivity index (χ4n) is 1.06. The molecule has 12 heavy (non-hydrogen) atoms. The number of urea groups is 1. The molecule has 2 heterocycles. The average Bonchev–Trinajstić information content (AvgIpc) is 2.03. The standard InChI is InChI=1S/C7H6ClN3O/c8-6-1-5-4(2-9-6)3-10-7(12)11-5/h1-2H,3H2,(H2,10,11,12). The van der Waals surface area contributed by atoms with Crippen molar-refractivity contribution in [3.63, 3.8) is 0 Å². The predicted octanol–water partition coefficient (Wildman–Crippen LogP) is 1.37. The molecule has 0 aromatic carbocycles. The first-order valence-corrected chi connectivity index (χ1v) is 3.83. The number of fused-ring (bicyclic) bond motifs is 1. The van der Waals surface area contributed by atoms with Crippen LogP contribution in [0.2, 0.25) is 5.15 Å². The molecule has 0 saturated carbocycles. The number of amides is 2. The van der Waals surface area contributed by atoms with Gasteiger partial charge >= 0.3 is 6.03 Å². The van der Waals surface area contributed by atoms with Gasteiger partial charge in [0.2, 0.25) is 0 Å². The lowest BCUT2D eigenvalue weighted by Crippen LogP contribution is -2.33. The highest BCUT2D eigenvalue weighted by Gasteiger charge is 2.13. The number of aromatic nitrogens is 1. The van der Waals surface area contributed by atoms with Crippen molar-refractivity contribution >= 4 is 23.3 Å². The smallest absolute Gasteiger partial charge is 0.319 e. The zero-order valence-electron chi connectivity index (χ0n) is 6.10. The molecule has 2 rings (SSSR count). The Morgan fingerprint density at radius 1 is 1.58 bits per heavy atom. The Kier molecular flexibility index (Phi) is 1.62. The molecular formula is C7H6ClN3O. The molecular weight excluding hydrogens is 178 g/mol. The molecule has 0 unspecified atom stereocenters. The number of carbonyl (C=O) groups excluding carboxylic acids is 1. The maximum Gasteiger partial charge on any atom is 0.319 e. The first-order valence-electron chi connectivity index (χ1n) is 3.45. The molecule has 0 fully saturated rings. The highest BCUT2D eigenvalue weighted by molar-refractivity contribution is 6.29. The number of nitrogens with zero attached hydrogens (tertiary/aromatic N) is 1. The average molecular weight is 184 g/mol. The van der Waals surface area contributed by atoms with Gasteiger partial charge in [0.15, 0.2) is 0 Å². The monoisotopic (exact) mass is 183 g/mol. The van der Waals surface area contributed by atoms with Gasteiger partial charge in [0, 0.05) is 18.3 Å². The van der Waals surface area contributed by atoms with Crippen molar-refractivity contribution < 1.29 is 4.79 Å². The highest BCUT2D eigenvalue weighted by atomic mass is 35.5. The minimum Gasteiger partial charge on any atom is -0.334 e. The van der Waals surface area contributed by atoms with Gasteiger partial charge in [0.1, 0.15) is 5.15 Å². The van der Waals surface area contributed by atoms with Gasteiger partial charge in [-0.3, -0.25) is 0 Å². The molecule has 1 aliphatic rings. The molecule has 0 saturated heterocycles. The summed E-state index contributed by atoms with van der Waals surface area (Å²) in [5.74, 6) is 0. The number of hydrogen-bond acceptors (Lipinski definition) is 2. The summed E-state index contributed by atoms with van der Waals surface area (Å²) in [6.45, 7) is 0.505. The summed E-state index contributed by atoms with van der Waals surface area (Å²) >= 11 is 5.64. The van der Waals surface area contributed by atoms with E-state index in [1.54, 1.807) is 12.3 Å². The van der Waals surface area contributed by atoms with Crippen LogP contribution in [-0.2, 0) is 6.54 Å². The van der Waals surface area contributed by atoms with Crippen LogP contribution in [0.1, 0.15) is 5.56 Å². The number of halogens is 1. The van der Waals surface area contributed by atoms with Crippen LogP contribution < -0.4 is 10.6 Å². The Bertz CT molecular complexity index is 339. The zero-order chi connectivity index (χ0) is 8.55. The van der Waals surface area contributed by atoms with E-state index in [2.05, 4.69) is 15.6 Å². The van der Waals surface area contributed by atoms with Gasteiger partial charge in [0.25, 0.3) is 0 Å². The third-order valence-corrected chi connectivity index (χ3v) is 1.85. The molecule has 0 radical (unpaired) electrons. The van der Waals surface area contributed by atoms with Crippen LogP contribution in [0, 0.1) is 0 Å². The third-order valence-electron chi connectivity index (χ3n) is 1.64. The molecule has 0 atom stereocenters. The van der Waals surface area contributed by atoms with Crippen LogP contribution in [0.3, 0.4) is 0 Å². The summed E-state index contributed by atoms with van der Waals surface area (Å²) in [5, 5.41) is 5.64. The maximum atomic E-state index is 10.9. The SMILES string of the molecule is O=C1NCc2cnc(Cl)cc2N1. The van der Waals surface area contributed by atoms with Crippen molar-refractivity contribution in [2.24, 2.45) is 0 Å². The highest BCUT2D eigenvalue weighted by Crippen LogP contribution is 2.20. The van der Waals surface area contributed by atoms with Crippen molar-refractivity contribution in [3.05, 3.63) is 23.0 Å². The summed E-state index contributed by atoms with van der Waals surface area (Å²) in [5.41, 5.74) is 1.68. The molecule has 4 nitrogen and oxygen atoms in total. The van der Waals surface area contributed by atoms with Crippen molar-refractivity contribution in [2.45, 2.75) is 6.54 Å². The van der Waals surface area contributed by atoms with Crippen molar-refractivity contribution in [2.75, 3.05) is 5.32 Å². The second-order valence-electron chi connectivity index (χ2n) is 2.47. The first-order chi connectivity index (χ1) is 5.75. The van der Waals surface area contributed by atoms with E-state index < -0.39 is 0 Å². The van der Waals surface area contributed by atoms with Crippen LogP contribution in [-0.4, -0.2) is 11.0 Å². The van der Waals surface area contributed by atoms with Crippen molar-refractivity contribution in [3.8, 4) is 0 Å². The van der Waals surface area contributed by atoms with E-state index in [-0.39, 0.29) is 6.03 Å². The molecule has 1 aromatic rings. The van der Waals surface area contributed by atoms with E-state index in [1.165, 1.54) is 0 Å². The number of hydrogen-bond donors (Lipinski definition) is 2. The molecule has 2 N–H and O–H groups in total. The molecule has 1 aliphatic heterocycles. The van der Waals surface area contributed by atoms with Crippen LogP contribution in [0.5, 0.6) is 0 Å². The molecule has 5 heteroatoms. The Morgan fingerprint density at radius 3 is 3.25 bits per heavy atom. The second-order valence-corrected chi connectivity index (χ2v) is 2.86. The third kappa shape index (κ3) is 1.21. The van der Waals surface area contributed by atoms with E-state index in [4.69, 9.17) is 11.6 Å². The summed E-state index contributed by atoms with van der Waals surface area (Å²) < 4.78 is 0. The number of nitrogens with one attached hydrogen (secondary N) is 2. The summed E-state index contributed by atoms with van der Waals surface area (Å²) in [6, 6.07) is 1.43. The van der Waals surface area contributed by atoms with Gasteiger partial charge in [-0.1, -0.05) is 11.6 Å². The zero-order valence-corrected chi connectivity index (χ0v) is 6.85. The normalized spacial score (nSPS) is 14.6. The maximum absolute atomic E-state index is 10.9. The van der Waals surface area contributed by atoms with E-state index in [9.17, 15) is 4.79 Å². The number of pyridine rings is 1. The molecule has 0 bridgehead atoms. The van der Waals surface area contributed by atoms with Crippen LogP contribution in [0.25, 0.3) is 0 Å². The number of rotatable bonds is 0. The number of carbonyl (C=O) groups is 1. The molecule has 2 amide bonds. The second kappa shape index (κ2) is 2.64. The van der Waals surface area contributed by atoms with Crippen LogP contribution >= 0.6 is 11.6 Å². The van der Waals surface area contributed by atoms with E-state index in [1.807, 2.05) is 0 Å². The van der Waals surface area contributed by atoms with E-state index in [0.29, 0.717) is 11.7 Å². The summed E-state index contributed by atoms with van der Waals surface area (Å²) in [4.78, 5) is 14.7. The van der Waals surface area contributed by atoms with Gasteiger partial charge < -0.3 is 10.6 Å². The van der Waals surface area contributed by atoms with E-state index in [0.717, 1.165) is 11.3 Å². The Hall–Kier alpha value is -1.29. The minimum absolute atomic E-state index is 0.204. The van der Waals surface area contributed by atoms with Crippen LogP contribution in [0.4, 0.5) is 10.5 Å². The lowest BCUT2D eigenvalue weighted by Gasteiger charge is -2.17. The van der Waals surface area contributed by atoms with Gasteiger partial charge in [-0.05, 0) is 6.07 Å². The minimum atomic E-state index is -0.204. The summed E-state index contributed by atoms with van der Waals surface area (Å²) in [6.07, 6.45) is 1.64. The van der Waals surface area contributed by atoms with Crippen LogP contribution in [0.15, 0.2) is 12.3 Å². The molecule has 0 spiro atoms. The first kappa shape index (κ1) is 7.36. The van der Waals surface area contributed by atoms with E-state index >= 15 is 0 Å². The Balaban J connectivity index is 2.44. The lowest BCUT2D eigenvalue weighted by molar-refractivity contribution is 0.251. The van der Waals surface area contributed by atoms with Gasteiger partial charge in [-0.25, -0.2) is 9.78 Å².